The maximum Gasteiger partial charge on any atom is 0.276 e. The molecule has 0 fully saturated rings. The van der Waals surface area contributed by atoms with E-state index in [-0.39, 0.29) is 4.90 Å². The topological polar surface area (TPSA) is 75.3 Å². The molecule has 0 aliphatic heterocycles. The summed E-state index contributed by atoms with van der Waals surface area (Å²) in [6.45, 7) is 0. The molecule has 1 aliphatic carbocycles. The predicted octanol–water partition coefficient (Wildman–Crippen LogP) is 2.62. The Bertz CT molecular complexity index is 792. The fraction of sp³-hybridized carbons (Fsp3) is 0.214. The fourth-order valence-electron chi connectivity index (χ4n) is 2.29. The number of carbonyl (C=O) groups is 1. The lowest BCUT2D eigenvalue weighted by molar-refractivity contribution is 0.0949. The summed E-state index contributed by atoms with van der Waals surface area (Å²) in [5.74, 6) is -0.430. The number of hydrogen-bond donors (Lipinski definition) is 2. The largest absolute Gasteiger partial charge is 0.276 e. The molecule has 0 spiro atoms. The van der Waals surface area contributed by atoms with Crippen LogP contribution < -0.4 is 10.3 Å². The lowest BCUT2D eigenvalue weighted by atomic mass is 10.2. The van der Waals surface area contributed by atoms with Gasteiger partial charge in [-0.3, -0.25) is 10.2 Å². The Hall–Kier alpha value is -1.22. The third-order valence-corrected chi connectivity index (χ3v) is 6.42. The van der Waals surface area contributed by atoms with Crippen LogP contribution in [0.15, 0.2) is 39.7 Å². The third kappa shape index (κ3) is 3.24. The minimum absolute atomic E-state index is 0.0877. The first-order valence-electron chi connectivity index (χ1n) is 6.65. The second-order valence-electron chi connectivity index (χ2n) is 4.93. The molecule has 0 unspecified atom stereocenters. The van der Waals surface area contributed by atoms with Crippen LogP contribution in [-0.2, 0) is 22.9 Å². The van der Waals surface area contributed by atoms with E-state index in [4.69, 9.17) is 0 Å². The second kappa shape index (κ2) is 6.11. The molecular formula is C14H13BrN2O3S2. The Labute approximate surface area is 140 Å². The molecule has 2 N–H and O–H groups in total. The number of aryl methyl sites for hydroxylation is 2. The number of nitrogens with one attached hydrogen (secondary N) is 2. The maximum absolute atomic E-state index is 12.1. The van der Waals surface area contributed by atoms with Crippen molar-refractivity contribution >= 4 is 43.2 Å². The zero-order valence-corrected chi connectivity index (χ0v) is 14.6. The van der Waals surface area contributed by atoms with Crippen LogP contribution >= 0.6 is 27.3 Å². The molecule has 1 aliphatic rings. The minimum atomic E-state index is -3.77. The first kappa shape index (κ1) is 15.7. The van der Waals surface area contributed by atoms with Crippen LogP contribution in [0.25, 0.3) is 0 Å². The van der Waals surface area contributed by atoms with Gasteiger partial charge in [0, 0.05) is 9.35 Å². The number of benzene rings is 1. The molecule has 1 aromatic carbocycles. The van der Waals surface area contributed by atoms with Gasteiger partial charge in [0.2, 0.25) is 0 Å². The highest BCUT2D eigenvalue weighted by Gasteiger charge is 2.20. The number of amides is 1. The van der Waals surface area contributed by atoms with Gasteiger partial charge in [0.05, 0.1) is 9.77 Å². The standard InChI is InChI=1S/C14H13BrN2O3S2/c15-10-4-6-11(7-5-10)22(19,20)17-16-14(18)13-8-9-2-1-3-12(9)21-13/h4-8,17H,1-3H2,(H,16,18). The summed E-state index contributed by atoms with van der Waals surface area (Å²) in [6, 6.07) is 8.01. The summed E-state index contributed by atoms with van der Waals surface area (Å²) in [4.78, 5) is 16.0. The molecule has 8 heteroatoms. The highest BCUT2D eigenvalue weighted by atomic mass is 79.9. The molecule has 2 aromatic rings. The Morgan fingerprint density at radius 3 is 2.59 bits per heavy atom. The van der Waals surface area contributed by atoms with E-state index < -0.39 is 15.9 Å². The molecule has 5 nitrogen and oxygen atoms in total. The highest BCUT2D eigenvalue weighted by molar-refractivity contribution is 9.10. The molecule has 0 saturated carbocycles. The zero-order chi connectivity index (χ0) is 15.7. The Kier molecular flexibility index (Phi) is 4.35. The summed E-state index contributed by atoms with van der Waals surface area (Å²) in [5.41, 5.74) is 3.46. The average Bonchev–Trinajstić information content (AvgIpc) is 3.06. The quantitative estimate of drug-likeness (QED) is 0.774. The van der Waals surface area contributed by atoms with Gasteiger partial charge in [-0.05, 0) is 55.2 Å². The summed E-state index contributed by atoms with van der Waals surface area (Å²) in [6.07, 6.45) is 3.11. The molecule has 1 amide bonds. The first-order valence-corrected chi connectivity index (χ1v) is 9.74. The lowest BCUT2D eigenvalue weighted by Gasteiger charge is -2.07. The molecule has 0 radical (unpaired) electrons. The summed E-state index contributed by atoms with van der Waals surface area (Å²) < 4.78 is 24.9. The number of carbonyl (C=O) groups excluding carboxylic acids is 1. The first-order chi connectivity index (χ1) is 10.5. The lowest BCUT2D eigenvalue weighted by Crippen LogP contribution is -2.41. The van der Waals surface area contributed by atoms with Gasteiger partial charge < -0.3 is 0 Å². The minimum Gasteiger partial charge on any atom is -0.273 e. The van der Waals surface area contributed by atoms with E-state index >= 15 is 0 Å². The Morgan fingerprint density at radius 2 is 1.91 bits per heavy atom. The van der Waals surface area contributed by atoms with Crippen molar-refractivity contribution in [2.45, 2.75) is 24.2 Å². The molecule has 0 saturated heterocycles. The monoisotopic (exact) mass is 400 g/mol. The number of thiophene rings is 1. The van der Waals surface area contributed by atoms with Crippen LogP contribution in [0, 0.1) is 0 Å². The molecule has 1 aromatic heterocycles. The van der Waals surface area contributed by atoms with Gasteiger partial charge in [-0.15, -0.1) is 16.2 Å². The van der Waals surface area contributed by atoms with Gasteiger partial charge in [-0.1, -0.05) is 15.9 Å². The molecule has 0 bridgehead atoms. The van der Waals surface area contributed by atoms with Crippen LogP contribution in [0.4, 0.5) is 0 Å². The third-order valence-electron chi connectivity index (χ3n) is 3.39. The average molecular weight is 401 g/mol. The SMILES string of the molecule is O=C(NNS(=O)(=O)c1ccc(Br)cc1)c1cc2c(s1)CCC2. The van der Waals surface area contributed by atoms with Gasteiger partial charge in [-0.2, -0.15) is 0 Å². The molecule has 22 heavy (non-hydrogen) atoms. The number of fused-ring (bicyclic) bond motifs is 1. The fourth-order valence-corrected chi connectivity index (χ4v) is 4.54. The van der Waals surface area contributed by atoms with Gasteiger partial charge >= 0.3 is 0 Å². The van der Waals surface area contributed by atoms with Crippen molar-refractivity contribution in [2.24, 2.45) is 0 Å². The molecule has 1 heterocycles. The van der Waals surface area contributed by atoms with E-state index in [9.17, 15) is 13.2 Å². The molecule has 0 atom stereocenters. The van der Waals surface area contributed by atoms with Crippen LogP contribution in [-0.4, -0.2) is 14.3 Å². The van der Waals surface area contributed by atoms with Crippen molar-refractivity contribution in [3.05, 3.63) is 50.1 Å². The van der Waals surface area contributed by atoms with Gasteiger partial charge in [-0.25, -0.2) is 8.42 Å². The Morgan fingerprint density at radius 1 is 1.18 bits per heavy atom. The number of hydrogen-bond acceptors (Lipinski definition) is 4. The maximum atomic E-state index is 12.1. The van der Waals surface area contributed by atoms with Gasteiger partial charge in [0.15, 0.2) is 0 Å². The van der Waals surface area contributed by atoms with Crippen molar-refractivity contribution in [3.63, 3.8) is 0 Å². The summed E-state index contributed by atoms with van der Waals surface area (Å²) in [7, 11) is -3.77. The van der Waals surface area contributed by atoms with E-state index in [1.54, 1.807) is 12.1 Å². The normalized spacial score (nSPS) is 13.9. The highest BCUT2D eigenvalue weighted by Crippen LogP contribution is 2.30. The molecular weight excluding hydrogens is 388 g/mol. The van der Waals surface area contributed by atoms with E-state index in [2.05, 4.69) is 26.2 Å². The van der Waals surface area contributed by atoms with E-state index in [0.29, 0.717) is 4.88 Å². The predicted molar refractivity (Wildman–Crippen MR) is 88.3 cm³/mol. The van der Waals surface area contributed by atoms with E-state index in [1.165, 1.54) is 33.9 Å². The van der Waals surface area contributed by atoms with Crippen molar-refractivity contribution in [2.75, 3.05) is 0 Å². The van der Waals surface area contributed by atoms with Gasteiger partial charge in [0.25, 0.3) is 15.9 Å². The Balaban J connectivity index is 1.68. The number of hydrazine groups is 1. The number of rotatable bonds is 4. The van der Waals surface area contributed by atoms with Crippen molar-refractivity contribution < 1.29 is 13.2 Å². The van der Waals surface area contributed by atoms with Crippen LogP contribution in [0.2, 0.25) is 0 Å². The van der Waals surface area contributed by atoms with Crippen LogP contribution in [0.1, 0.15) is 26.5 Å². The van der Waals surface area contributed by atoms with Crippen LogP contribution in [0.5, 0.6) is 0 Å². The second-order valence-corrected chi connectivity index (χ2v) is 8.66. The van der Waals surface area contributed by atoms with E-state index in [1.807, 2.05) is 6.07 Å². The van der Waals surface area contributed by atoms with Crippen molar-refractivity contribution in [1.82, 2.24) is 10.3 Å². The van der Waals surface area contributed by atoms with E-state index in [0.717, 1.165) is 23.7 Å². The number of halogens is 1. The number of sulfonamides is 1. The molecule has 116 valence electrons. The van der Waals surface area contributed by atoms with Crippen LogP contribution in [0.3, 0.4) is 0 Å². The van der Waals surface area contributed by atoms with Crippen molar-refractivity contribution in [3.8, 4) is 0 Å². The summed E-state index contributed by atoms with van der Waals surface area (Å²) >= 11 is 4.67. The summed E-state index contributed by atoms with van der Waals surface area (Å²) in [5, 5.41) is 0. The van der Waals surface area contributed by atoms with Gasteiger partial charge in [0.1, 0.15) is 0 Å². The smallest absolute Gasteiger partial charge is 0.273 e. The zero-order valence-electron chi connectivity index (χ0n) is 11.4. The van der Waals surface area contributed by atoms with Crippen molar-refractivity contribution in [1.29, 1.82) is 0 Å². The molecule has 3 rings (SSSR count).